The first-order chi connectivity index (χ1) is 8.66. The molecule has 1 aliphatic rings. The van der Waals surface area contributed by atoms with Crippen LogP contribution in [0.1, 0.15) is 36.9 Å². The lowest BCUT2D eigenvalue weighted by Gasteiger charge is -2.22. The van der Waals surface area contributed by atoms with Gasteiger partial charge in [0.25, 0.3) is 0 Å². The SMILES string of the molecule is Cc1cc(C(C)N)ccc1OCC1CCOCC1. The quantitative estimate of drug-likeness (QED) is 0.892. The van der Waals surface area contributed by atoms with Gasteiger partial charge in [-0.15, -0.1) is 0 Å². The molecule has 0 bridgehead atoms. The highest BCUT2D eigenvalue weighted by molar-refractivity contribution is 5.37. The van der Waals surface area contributed by atoms with Crippen molar-refractivity contribution in [2.45, 2.75) is 32.7 Å². The van der Waals surface area contributed by atoms with Crippen molar-refractivity contribution in [2.75, 3.05) is 19.8 Å². The van der Waals surface area contributed by atoms with E-state index in [4.69, 9.17) is 15.2 Å². The molecule has 0 saturated carbocycles. The van der Waals surface area contributed by atoms with Gasteiger partial charge in [-0.25, -0.2) is 0 Å². The lowest BCUT2D eigenvalue weighted by atomic mass is 10.0. The maximum absolute atomic E-state index is 5.91. The highest BCUT2D eigenvalue weighted by atomic mass is 16.5. The molecule has 1 heterocycles. The predicted octanol–water partition coefficient (Wildman–Crippen LogP) is 2.82. The number of ether oxygens (including phenoxy) is 2. The van der Waals surface area contributed by atoms with Crippen molar-refractivity contribution in [1.29, 1.82) is 0 Å². The van der Waals surface area contributed by atoms with Crippen LogP contribution in [0.4, 0.5) is 0 Å². The van der Waals surface area contributed by atoms with E-state index in [0.29, 0.717) is 5.92 Å². The molecule has 2 N–H and O–H groups in total. The highest BCUT2D eigenvalue weighted by Gasteiger charge is 2.15. The predicted molar refractivity (Wildman–Crippen MR) is 72.8 cm³/mol. The van der Waals surface area contributed by atoms with E-state index in [1.54, 1.807) is 0 Å². The largest absolute Gasteiger partial charge is 0.493 e. The zero-order valence-electron chi connectivity index (χ0n) is 11.3. The van der Waals surface area contributed by atoms with Gasteiger partial charge in [-0.1, -0.05) is 12.1 Å². The van der Waals surface area contributed by atoms with Crippen LogP contribution in [0.15, 0.2) is 18.2 Å². The molecule has 0 radical (unpaired) electrons. The fraction of sp³-hybridized carbons (Fsp3) is 0.600. The van der Waals surface area contributed by atoms with Gasteiger partial charge in [-0.3, -0.25) is 0 Å². The molecule has 2 rings (SSSR count). The van der Waals surface area contributed by atoms with Gasteiger partial charge in [0.1, 0.15) is 5.75 Å². The third kappa shape index (κ3) is 3.47. The minimum atomic E-state index is 0.0771. The number of hydrogen-bond donors (Lipinski definition) is 1. The monoisotopic (exact) mass is 249 g/mol. The molecule has 0 aromatic heterocycles. The molecule has 1 saturated heterocycles. The standard InChI is InChI=1S/C15H23NO2/c1-11-9-14(12(2)16)3-4-15(11)18-10-13-5-7-17-8-6-13/h3-4,9,12-13H,5-8,10,16H2,1-2H3. The van der Waals surface area contributed by atoms with E-state index in [1.165, 1.54) is 0 Å². The van der Waals surface area contributed by atoms with Gasteiger partial charge in [0.2, 0.25) is 0 Å². The van der Waals surface area contributed by atoms with Crippen LogP contribution in [0.2, 0.25) is 0 Å². The summed E-state index contributed by atoms with van der Waals surface area (Å²) >= 11 is 0. The van der Waals surface area contributed by atoms with E-state index in [0.717, 1.165) is 49.5 Å². The summed E-state index contributed by atoms with van der Waals surface area (Å²) in [7, 11) is 0. The van der Waals surface area contributed by atoms with Crippen LogP contribution in [0.25, 0.3) is 0 Å². The first-order valence-corrected chi connectivity index (χ1v) is 6.73. The van der Waals surface area contributed by atoms with Gasteiger partial charge < -0.3 is 15.2 Å². The normalized spacial score (nSPS) is 18.6. The Balaban J connectivity index is 1.92. The van der Waals surface area contributed by atoms with Crippen molar-refractivity contribution in [3.05, 3.63) is 29.3 Å². The molecule has 3 nitrogen and oxygen atoms in total. The molecule has 1 aliphatic heterocycles. The van der Waals surface area contributed by atoms with Crippen LogP contribution in [0, 0.1) is 12.8 Å². The fourth-order valence-electron chi connectivity index (χ4n) is 2.24. The van der Waals surface area contributed by atoms with Crippen molar-refractivity contribution in [1.82, 2.24) is 0 Å². The van der Waals surface area contributed by atoms with Gasteiger partial charge in [-0.05, 0) is 49.8 Å². The average Bonchev–Trinajstić information content (AvgIpc) is 2.38. The zero-order chi connectivity index (χ0) is 13.0. The molecule has 1 unspecified atom stereocenters. The summed E-state index contributed by atoms with van der Waals surface area (Å²) < 4.78 is 11.3. The van der Waals surface area contributed by atoms with Crippen molar-refractivity contribution in [3.8, 4) is 5.75 Å². The Morgan fingerprint density at radius 3 is 2.72 bits per heavy atom. The van der Waals surface area contributed by atoms with Crippen LogP contribution >= 0.6 is 0 Å². The molecular formula is C15H23NO2. The van der Waals surface area contributed by atoms with Crippen LogP contribution in [0.3, 0.4) is 0 Å². The Morgan fingerprint density at radius 1 is 1.39 bits per heavy atom. The Hall–Kier alpha value is -1.06. The van der Waals surface area contributed by atoms with E-state index in [-0.39, 0.29) is 6.04 Å². The van der Waals surface area contributed by atoms with Gasteiger partial charge in [0, 0.05) is 19.3 Å². The summed E-state index contributed by atoms with van der Waals surface area (Å²) in [5.41, 5.74) is 8.19. The molecular weight excluding hydrogens is 226 g/mol. The summed E-state index contributed by atoms with van der Waals surface area (Å²) in [6.45, 7) is 6.61. The van der Waals surface area contributed by atoms with Gasteiger partial charge in [0.15, 0.2) is 0 Å². The zero-order valence-corrected chi connectivity index (χ0v) is 11.3. The lowest BCUT2D eigenvalue weighted by molar-refractivity contribution is 0.0496. The van der Waals surface area contributed by atoms with Crippen molar-refractivity contribution >= 4 is 0 Å². The molecule has 100 valence electrons. The first-order valence-electron chi connectivity index (χ1n) is 6.73. The third-order valence-corrected chi connectivity index (χ3v) is 3.54. The molecule has 0 spiro atoms. The second-order valence-electron chi connectivity index (χ2n) is 5.18. The van der Waals surface area contributed by atoms with Gasteiger partial charge >= 0.3 is 0 Å². The Bertz CT molecular complexity index is 384. The van der Waals surface area contributed by atoms with Crippen molar-refractivity contribution in [2.24, 2.45) is 11.7 Å². The third-order valence-electron chi connectivity index (χ3n) is 3.54. The van der Waals surface area contributed by atoms with E-state index >= 15 is 0 Å². The van der Waals surface area contributed by atoms with Gasteiger partial charge in [-0.2, -0.15) is 0 Å². The van der Waals surface area contributed by atoms with Crippen LogP contribution in [-0.4, -0.2) is 19.8 Å². The minimum Gasteiger partial charge on any atom is -0.493 e. The van der Waals surface area contributed by atoms with Crippen molar-refractivity contribution in [3.63, 3.8) is 0 Å². The van der Waals surface area contributed by atoms with E-state index < -0.39 is 0 Å². The van der Waals surface area contributed by atoms with E-state index in [9.17, 15) is 0 Å². The Labute approximate surface area is 109 Å². The maximum Gasteiger partial charge on any atom is 0.122 e. The number of benzene rings is 1. The Kier molecular flexibility index (Phi) is 4.61. The summed E-state index contributed by atoms with van der Waals surface area (Å²) in [6.07, 6.45) is 2.22. The smallest absolute Gasteiger partial charge is 0.122 e. The summed E-state index contributed by atoms with van der Waals surface area (Å²) in [4.78, 5) is 0. The maximum atomic E-state index is 5.91. The van der Waals surface area contributed by atoms with E-state index in [1.807, 2.05) is 13.0 Å². The molecule has 0 aliphatic carbocycles. The number of aryl methyl sites for hydroxylation is 1. The summed E-state index contributed by atoms with van der Waals surface area (Å²) in [5.74, 6) is 1.61. The second-order valence-corrected chi connectivity index (χ2v) is 5.18. The molecule has 1 aromatic rings. The average molecular weight is 249 g/mol. The van der Waals surface area contributed by atoms with Crippen molar-refractivity contribution < 1.29 is 9.47 Å². The lowest BCUT2D eigenvalue weighted by Crippen LogP contribution is -2.21. The van der Waals surface area contributed by atoms with Crippen LogP contribution < -0.4 is 10.5 Å². The molecule has 18 heavy (non-hydrogen) atoms. The Morgan fingerprint density at radius 2 is 2.11 bits per heavy atom. The topological polar surface area (TPSA) is 44.5 Å². The number of rotatable bonds is 4. The number of nitrogens with two attached hydrogens (primary N) is 1. The molecule has 0 amide bonds. The van der Waals surface area contributed by atoms with Gasteiger partial charge in [0.05, 0.1) is 6.61 Å². The number of hydrogen-bond acceptors (Lipinski definition) is 3. The second kappa shape index (κ2) is 6.21. The van der Waals surface area contributed by atoms with Crippen LogP contribution in [0.5, 0.6) is 5.75 Å². The molecule has 1 fully saturated rings. The summed E-state index contributed by atoms with van der Waals surface area (Å²) in [6, 6.07) is 6.28. The fourth-order valence-corrected chi connectivity index (χ4v) is 2.24. The van der Waals surface area contributed by atoms with Crippen LogP contribution in [-0.2, 0) is 4.74 Å². The molecule has 1 atom stereocenters. The highest BCUT2D eigenvalue weighted by Crippen LogP contribution is 2.23. The summed E-state index contributed by atoms with van der Waals surface area (Å²) in [5, 5.41) is 0. The minimum absolute atomic E-state index is 0.0771. The molecule has 1 aromatic carbocycles. The molecule has 3 heteroatoms. The van der Waals surface area contributed by atoms with E-state index in [2.05, 4.69) is 19.1 Å². The first kappa shape index (κ1) is 13.4.